The number of ether oxygens (including phenoxy) is 1. The van der Waals surface area contributed by atoms with Crippen LogP contribution in [0.25, 0.3) is 5.57 Å². The van der Waals surface area contributed by atoms with Crippen LogP contribution in [-0.2, 0) is 49.1 Å². The fourth-order valence-electron chi connectivity index (χ4n) is 6.81. The van der Waals surface area contributed by atoms with E-state index < -0.39 is 74.3 Å². The van der Waals surface area contributed by atoms with Crippen LogP contribution in [0.1, 0.15) is 76.3 Å². The first-order valence-corrected chi connectivity index (χ1v) is 19.8. The van der Waals surface area contributed by atoms with E-state index in [4.69, 9.17) is 9.57 Å². The van der Waals surface area contributed by atoms with Gasteiger partial charge >= 0.3 is 35.5 Å². The summed E-state index contributed by atoms with van der Waals surface area (Å²) in [7, 11) is -3.44. The van der Waals surface area contributed by atoms with E-state index >= 15 is 0 Å². The van der Waals surface area contributed by atoms with Crippen molar-refractivity contribution in [2.24, 2.45) is 0 Å². The number of nitrogens with zero attached hydrogens (tertiary/aromatic N) is 2. The van der Waals surface area contributed by atoms with Crippen molar-refractivity contribution in [1.29, 1.82) is 0 Å². The molecule has 4 amide bonds. The summed E-state index contributed by atoms with van der Waals surface area (Å²) in [5.41, 5.74) is 1.75. The second-order valence-corrected chi connectivity index (χ2v) is 15.7. The number of ketones is 1. The molecule has 1 unspecified atom stereocenters. The van der Waals surface area contributed by atoms with Gasteiger partial charge in [0.25, 0.3) is 11.8 Å². The molecule has 304 valence electrons. The number of carbonyl (C=O) groups is 6. The molecular formula is C39H42FN4NaO12S. The maximum absolute atomic E-state index is 14.5. The Morgan fingerprint density at radius 1 is 1.00 bits per heavy atom. The van der Waals surface area contributed by atoms with E-state index in [1.165, 1.54) is 19.2 Å². The molecule has 0 bridgehead atoms. The fraction of sp³-hybridized carbons (Fsp3) is 0.410. The Bertz CT molecular complexity index is 2190. The maximum Gasteiger partial charge on any atom is 1.00 e. The molecule has 19 heteroatoms. The number of allylic oxidation sites excluding steroid dienone is 3. The second-order valence-electron chi connectivity index (χ2n) is 14.2. The van der Waals surface area contributed by atoms with Crippen molar-refractivity contribution in [2.75, 3.05) is 26.0 Å². The zero-order valence-corrected chi connectivity index (χ0v) is 35.4. The van der Waals surface area contributed by atoms with E-state index in [2.05, 4.69) is 10.6 Å². The summed E-state index contributed by atoms with van der Waals surface area (Å²) in [6, 6.07) is 9.24. The Morgan fingerprint density at radius 2 is 1.67 bits per heavy atom. The number of hydrogen-bond acceptors (Lipinski definition) is 12. The maximum atomic E-state index is 14.5. The van der Waals surface area contributed by atoms with Gasteiger partial charge in [0.05, 0.1) is 28.4 Å². The van der Waals surface area contributed by atoms with Crippen molar-refractivity contribution < 1.29 is 94.9 Å². The van der Waals surface area contributed by atoms with E-state index in [9.17, 15) is 51.2 Å². The zero-order valence-electron chi connectivity index (χ0n) is 32.6. The number of hydroxylamine groups is 2. The summed E-state index contributed by atoms with van der Waals surface area (Å²) >= 11 is 0. The summed E-state index contributed by atoms with van der Waals surface area (Å²) in [4.78, 5) is 78.7. The third kappa shape index (κ3) is 10.8. The number of Topliss-reactive ketones (excluding diaryl/α,β-unsaturated/α-hetero) is 1. The summed E-state index contributed by atoms with van der Waals surface area (Å²) in [5, 5.41) is 18.3. The third-order valence-corrected chi connectivity index (χ3v) is 10.6. The number of fused-ring (bicyclic) bond motifs is 1. The molecule has 5 rings (SSSR count). The summed E-state index contributed by atoms with van der Waals surface area (Å²) in [5.74, 6) is -5.77. The van der Waals surface area contributed by atoms with Gasteiger partial charge in [0.2, 0.25) is 17.5 Å². The van der Waals surface area contributed by atoms with Crippen molar-refractivity contribution >= 4 is 62.5 Å². The molecule has 2 aromatic rings. The van der Waals surface area contributed by atoms with E-state index in [1.807, 2.05) is 18.4 Å². The predicted molar refractivity (Wildman–Crippen MR) is 197 cm³/mol. The molecule has 1 atom stereocenters. The van der Waals surface area contributed by atoms with E-state index in [0.717, 1.165) is 0 Å². The molecule has 0 radical (unpaired) electrons. The molecule has 0 aromatic heterocycles. The van der Waals surface area contributed by atoms with E-state index in [0.29, 0.717) is 59.1 Å². The van der Waals surface area contributed by atoms with E-state index in [1.54, 1.807) is 36.4 Å². The molecular weight excluding hydrogens is 790 g/mol. The number of carbonyl (C=O) groups excluding carboxylic acids is 6. The zero-order chi connectivity index (χ0) is 41.7. The summed E-state index contributed by atoms with van der Waals surface area (Å²) in [6.07, 6.45) is 2.23. The number of imide groups is 1. The SMILES string of the molecule is COc1ccc(C2=C([O-])/C(=C/C3=[N+](CCCCCC(=O)NC(CS(=O)(=O)[O-])C(=O)NCCCC(=O)ON4C(=O)CCC4=O)c4ccc(F)cc4C3(C)C)C2=O)cc1.[Na+]. The van der Waals surface area contributed by atoms with Crippen molar-refractivity contribution in [2.45, 2.75) is 76.7 Å². The van der Waals surface area contributed by atoms with Crippen LogP contribution in [0.4, 0.5) is 10.1 Å². The number of rotatable bonds is 18. The van der Waals surface area contributed by atoms with E-state index in [-0.39, 0.29) is 79.4 Å². The largest absolute Gasteiger partial charge is 1.00 e. The van der Waals surface area contributed by atoms with Crippen LogP contribution in [0.2, 0.25) is 0 Å². The minimum Gasteiger partial charge on any atom is -0.871 e. The van der Waals surface area contributed by atoms with Gasteiger partial charge in [-0.05, 0) is 62.9 Å². The van der Waals surface area contributed by atoms with Gasteiger partial charge in [-0.3, -0.25) is 24.0 Å². The molecule has 2 aromatic carbocycles. The molecule has 2 heterocycles. The number of halogens is 1. The third-order valence-electron chi connectivity index (χ3n) is 9.82. The molecule has 3 aliphatic rings. The minimum absolute atomic E-state index is 0. The molecule has 1 aliphatic carbocycles. The smallest absolute Gasteiger partial charge is 0.871 e. The number of hydrogen-bond donors (Lipinski definition) is 2. The van der Waals surface area contributed by atoms with Gasteiger partial charge in [0, 0.05) is 67.5 Å². The van der Waals surface area contributed by atoms with Crippen LogP contribution in [0.5, 0.6) is 5.75 Å². The summed E-state index contributed by atoms with van der Waals surface area (Å²) < 4.78 is 56.1. The second kappa shape index (κ2) is 19.3. The Labute approximate surface area is 356 Å². The van der Waals surface area contributed by atoms with Crippen molar-refractivity contribution in [3.8, 4) is 5.75 Å². The average Bonchev–Trinajstić information content (AvgIpc) is 3.57. The van der Waals surface area contributed by atoms with Gasteiger partial charge < -0.3 is 29.9 Å². The van der Waals surface area contributed by atoms with Gasteiger partial charge in [0.1, 0.15) is 24.2 Å². The Hall–Kier alpha value is -4.75. The van der Waals surface area contributed by atoms with Gasteiger partial charge in [-0.2, -0.15) is 4.58 Å². The normalized spacial score (nSPS) is 17.2. The van der Waals surface area contributed by atoms with Crippen molar-refractivity contribution in [1.82, 2.24) is 15.7 Å². The molecule has 2 aliphatic heterocycles. The Morgan fingerprint density at radius 3 is 2.29 bits per heavy atom. The average molecular weight is 833 g/mol. The molecule has 0 saturated carbocycles. The topological polar surface area (TPSA) is 231 Å². The van der Waals surface area contributed by atoms with Gasteiger partial charge in [-0.25, -0.2) is 17.6 Å². The molecule has 16 nitrogen and oxygen atoms in total. The minimum atomic E-state index is -4.95. The number of amides is 4. The number of unbranched alkanes of at least 4 members (excludes halogenated alkanes) is 2. The Kier molecular flexibility index (Phi) is 15.3. The first-order chi connectivity index (χ1) is 26.9. The first kappa shape index (κ1) is 45.9. The first-order valence-electron chi connectivity index (χ1n) is 18.3. The molecule has 58 heavy (non-hydrogen) atoms. The van der Waals surface area contributed by atoms with Crippen LogP contribution in [0, 0.1) is 5.82 Å². The van der Waals surface area contributed by atoms with Crippen molar-refractivity contribution in [3.63, 3.8) is 0 Å². The van der Waals surface area contributed by atoms with Crippen LogP contribution in [0.3, 0.4) is 0 Å². The molecule has 1 saturated heterocycles. The number of nitrogens with one attached hydrogen (secondary N) is 2. The molecule has 1 fully saturated rings. The van der Waals surface area contributed by atoms with Gasteiger partial charge in [-0.1, -0.05) is 17.9 Å². The number of methoxy groups -OCH3 is 1. The standard InChI is InChI=1S/C39H43FN4O12S.Na/c1-39(2)27-20-24(40)12-15-29(27)43(30(39)21-26-36(49)35(37(26)50)23-10-13-25(55-3)14-11-23)19-6-4-5-8-31(45)42-28(22-57(52,53)54)38(51)41-18-7-9-34(48)56-44-32(46)16-17-33(44)47;/h10-15,20-21,28H,4-9,16-19,22H2,1-3H3,(H3-,41,42,45,49,50,51,52,53,54);/q;+1/p-1. The molecule has 0 spiro atoms. The monoisotopic (exact) mass is 832 g/mol. The van der Waals surface area contributed by atoms with Crippen LogP contribution in [0.15, 0.2) is 59.9 Å². The number of benzene rings is 2. The van der Waals surface area contributed by atoms with Crippen LogP contribution < -0.4 is 50.0 Å². The van der Waals surface area contributed by atoms with Gasteiger partial charge in [-0.15, -0.1) is 5.06 Å². The van der Waals surface area contributed by atoms with Crippen LogP contribution in [-0.4, -0.2) is 95.7 Å². The van der Waals surface area contributed by atoms with Crippen molar-refractivity contribution in [3.05, 3.63) is 76.8 Å². The van der Waals surface area contributed by atoms with Crippen LogP contribution >= 0.6 is 0 Å². The fourth-order valence-corrected chi connectivity index (χ4v) is 7.45. The predicted octanol–water partition coefficient (Wildman–Crippen LogP) is -1.41. The molecule has 2 N–H and O–H groups in total. The summed E-state index contributed by atoms with van der Waals surface area (Å²) in [6.45, 7) is 3.94. The van der Waals surface area contributed by atoms with Gasteiger partial charge in [0.15, 0.2) is 11.5 Å². The Balaban J connectivity index is 0.00000744. The quantitative estimate of drug-likeness (QED) is 0.0441.